The van der Waals surface area contributed by atoms with E-state index in [4.69, 9.17) is 4.74 Å². The van der Waals surface area contributed by atoms with Crippen LogP contribution < -0.4 is 4.74 Å². The van der Waals surface area contributed by atoms with Crippen molar-refractivity contribution >= 4 is 27.3 Å². The Labute approximate surface area is 130 Å². The van der Waals surface area contributed by atoms with E-state index in [2.05, 4.69) is 36.9 Å². The largest absolute Gasteiger partial charge is 0.492 e. The summed E-state index contributed by atoms with van der Waals surface area (Å²) in [5.41, 5.74) is 0. The van der Waals surface area contributed by atoms with E-state index in [-0.39, 0.29) is 0 Å². The number of benzene rings is 1. The summed E-state index contributed by atoms with van der Waals surface area (Å²) in [5.74, 6) is 1.87. The minimum absolute atomic E-state index is 0.616. The summed E-state index contributed by atoms with van der Waals surface area (Å²) in [6.45, 7) is 1.39. The van der Waals surface area contributed by atoms with Crippen LogP contribution in [0.15, 0.2) is 58.6 Å². The minimum atomic E-state index is 0.616. The van der Waals surface area contributed by atoms with Crippen molar-refractivity contribution in [3.8, 4) is 16.5 Å². The molecule has 0 atom stereocenters. The molecule has 0 spiro atoms. The molecule has 2 heterocycles. The summed E-state index contributed by atoms with van der Waals surface area (Å²) in [4.78, 5) is 5.59. The Kier molecular flexibility index (Phi) is 4.18. The molecule has 20 heavy (non-hydrogen) atoms. The fraction of sp³-hybridized carbons (Fsp3) is 0.133. The van der Waals surface area contributed by atoms with Crippen molar-refractivity contribution < 1.29 is 4.74 Å². The number of rotatable bonds is 5. The van der Waals surface area contributed by atoms with Crippen LogP contribution in [0.3, 0.4) is 0 Å². The molecule has 0 amide bonds. The average Bonchev–Trinajstić information content (AvgIpc) is 3.09. The van der Waals surface area contributed by atoms with Gasteiger partial charge in [-0.3, -0.25) is 0 Å². The first-order valence-corrected chi connectivity index (χ1v) is 7.93. The molecule has 0 saturated carbocycles. The Bertz CT molecular complexity index is 679. The first kappa shape index (κ1) is 13.4. The number of imidazole rings is 1. The maximum atomic E-state index is 5.76. The fourth-order valence-corrected chi connectivity index (χ4v) is 3.05. The maximum absolute atomic E-state index is 5.76. The van der Waals surface area contributed by atoms with Crippen molar-refractivity contribution in [1.29, 1.82) is 0 Å². The highest BCUT2D eigenvalue weighted by Crippen LogP contribution is 2.23. The second-order valence-electron chi connectivity index (χ2n) is 4.23. The van der Waals surface area contributed by atoms with Gasteiger partial charge in [0.2, 0.25) is 0 Å². The Morgan fingerprint density at radius 3 is 3.00 bits per heavy atom. The molecule has 3 aromatic rings. The molecule has 3 nitrogen and oxygen atoms in total. The Balaban J connectivity index is 1.64. The number of ether oxygens (including phenoxy) is 1. The third-order valence-electron chi connectivity index (χ3n) is 2.85. The number of nitrogens with zero attached hydrogens (tertiary/aromatic N) is 2. The Hall–Kier alpha value is -1.59. The van der Waals surface area contributed by atoms with Gasteiger partial charge in [0.1, 0.15) is 18.2 Å². The van der Waals surface area contributed by atoms with E-state index in [9.17, 15) is 0 Å². The molecule has 102 valence electrons. The average molecular weight is 349 g/mol. The number of aromatic nitrogens is 2. The van der Waals surface area contributed by atoms with Crippen LogP contribution in [-0.2, 0) is 6.54 Å². The topological polar surface area (TPSA) is 27.1 Å². The highest BCUT2D eigenvalue weighted by Gasteiger charge is 2.06. The molecule has 0 aliphatic carbocycles. The lowest BCUT2D eigenvalue weighted by atomic mass is 10.3. The van der Waals surface area contributed by atoms with E-state index in [0.29, 0.717) is 6.61 Å². The van der Waals surface area contributed by atoms with Gasteiger partial charge in [0.25, 0.3) is 0 Å². The first-order chi connectivity index (χ1) is 9.83. The summed E-state index contributed by atoms with van der Waals surface area (Å²) in [6.07, 6.45) is 3.81. The summed E-state index contributed by atoms with van der Waals surface area (Å²) in [7, 11) is 0. The lowest BCUT2D eigenvalue weighted by Gasteiger charge is -2.09. The molecule has 2 aromatic heterocycles. The monoisotopic (exact) mass is 348 g/mol. The molecule has 5 heteroatoms. The van der Waals surface area contributed by atoms with Gasteiger partial charge in [0.15, 0.2) is 0 Å². The maximum Gasteiger partial charge on any atom is 0.150 e. The standard InChI is InChI=1S/C15H13BrN2OS/c16-12-3-1-4-13(11-12)19-9-8-18-7-6-17-15(18)14-5-2-10-20-14/h1-7,10-11H,8-9H2. The van der Waals surface area contributed by atoms with Crippen LogP contribution in [0.25, 0.3) is 10.7 Å². The zero-order chi connectivity index (χ0) is 13.8. The van der Waals surface area contributed by atoms with Gasteiger partial charge in [-0.15, -0.1) is 11.3 Å². The zero-order valence-corrected chi connectivity index (χ0v) is 13.1. The molecule has 0 saturated heterocycles. The van der Waals surface area contributed by atoms with Crippen molar-refractivity contribution in [2.24, 2.45) is 0 Å². The van der Waals surface area contributed by atoms with Gasteiger partial charge in [0.05, 0.1) is 11.4 Å². The van der Waals surface area contributed by atoms with Gasteiger partial charge in [-0.2, -0.15) is 0 Å². The van der Waals surface area contributed by atoms with Gasteiger partial charge in [0, 0.05) is 16.9 Å². The van der Waals surface area contributed by atoms with Crippen molar-refractivity contribution in [2.45, 2.75) is 6.54 Å². The van der Waals surface area contributed by atoms with E-state index in [1.54, 1.807) is 11.3 Å². The van der Waals surface area contributed by atoms with Crippen LogP contribution >= 0.6 is 27.3 Å². The second-order valence-corrected chi connectivity index (χ2v) is 6.09. The number of thiophene rings is 1. The lowest BCUT2D eigenvalue weighted by molar-refractivity contribution is 0.299. The Morgan fingerprint density at radius 2 is 2.20 bits per heavy atom. The highest BCUT2D eigenvalue weighted by molar-refractivity contribution is 9.10. The summed E-state index contributed by atoms with van der Waals surface area (Å²) >= 11 is 5.13. The van der Waals surface area contributed by atoms with Crippen LogP contribution in [0.4, 0.5) is 0 Å². The lowest BCUT2D eigenvalue weighted by Crippen LogP contribution is -2.08. The molecule has 0 bridgehead atoms. The van der Waals surface area contributed by atoms with E-state index in [1.807, 2.05) is 42.7 Å². The smallest absolute Gasteiger partial charge is 0.150 e. The van der Waals surface area contributed by atoms with Crippen molar-refractivity contribution in [2.75, 3.05) is 6.61 Å². The third kappa shape index (κ3) is 3.11. The summed E-state index contributed by atoms with van der Waals surface area (Å²) in [5, 5.41) is 2.06. The van der Waals surface area contributed by atoms with E-state index >= 15 is 0 Å². The van der Waals surface area contributed by atoms with Crippen LogP contribution in [-0.4, -0.2) is 16.2 Å². The van der Waals surface area contributed by atoms with Crippen molar-refractivity contribution in [3.05, 3.63) is 58.6 Å². The van der Waals surface area contributed by atoms with Gasteiger partial charge >= 0.3 is 0 Å². The molecule has 0 N–H and O–H groups in total. The molecular formula is C15H13BrN2OS. The quantitative estimate of drug-likeness (QED) is 0.680. The number of hydrogen-bond donors (Lipinski definition) is 0. The molecule has 0 aliphatic heterocycles. The van der Waals surface area contributed by atoms with Gasteiger partial charge < -0.3 is 9.30 Å². The van der Waals surface area contributed by atoms with E-state index in [1.165, 1.54) is 4.88 Å². The molecule has 0 fully saturated rings. The van der Waals surface area contributed by atoms with Crippen LogP contribution in [0.2, 0.25) is 0 Å². The van der Waals surface area contributed by atoms with Crippen molar-refractivity contribution in [1.82, 2.24) is 9.55 Å². The van der Waals surface area contributed by atoms with Crippen LogP contribution in [0.5, 0.6) is 5.75 Å². The SMILES string of the molecule is Brc1cccc(OCCn2ccnc2-c2cccs2)c1. The Morgan fingerprint density at radius 1 is 1.25 bits per heavy atom. The predicted octanol–water partition coefficient (Wildman–Crippen LogP) is 4.45. The molecule has 0 radical (unpaired) electrons. The summed E-state index contributed by atoms with van der Waals surface area (Å²) in [6, 6.07) is 12.0. The number of halogens is 1. The van der Waals surface area contributed by atoms with Gasteiger partial charge in [-0.25, -0.2) is 4.98 Å². The van der Waals surface area contributed by atoms with Gasteiger partial charge in [-0.1, -0.05) is 28.1 Å². The molecule has 0 aliphatic rings. The first-order valence-electron chi connectivity index (χ1n) is 6.26. The molecular weight excluding hydrogens is 336 g/mol. The molecule has 0 unspecified atom stereocenters. The highest BCUT2D eigenvalue weighted by atomic mass is 79.9. The van der Waals surface area contributed by atoms with E-state index < -0.39 is 0 Å². The second kappa shape index (κ2) is 6.24. The molecule has 3 rings (SSSR count). The van der Waals surface area contributed by atoms with Crippen LogP contribution in [0.1, 0.15) is 0 Å². The number of hydrogen-bond acceptors (Lipinski definition) is 3. The van der Waals surface area contributed by atoms with E-state index in [0.717, 1.165) is 22.6 Å². The summed E-state index contributed by atoms with van der Waals surface area (Å²) < 4.78 is 8.90. The zero-order valence-electron chi connectivity index (χ0n) is 10.7. The minimum Gasteiger partial charge on any atom is -0.492 e. The van der Waals surface area contributed by atoms with Crippen LogP contribution in [0, 0.1) is 0 Å². The normalized spacial score (nSPS) is 10.7. The predicted molar refractivity (Wildman–Crippen MR) is 85.2 cm³/mol. The third-order valence-corrected chi connectivity index (χ3v) is 4.21. The van der Waals surface area contributed by atoms with Crippen molar-refractivity contribution in [3.63, 3.8) is 0 Å². The molecule has 1 aromatic carbocycles. The van der Waals surface area contributed by atoms with Gasteiger partial charge in [-0.05, 0) is 29.6 Å². The fourth-order valence-electron chi connectivity index (χ4n) is 1.94.